The van der Waals surface area contributed by atoms with Crippen LogP contribution in [0.3, 0.4) is 0 Å². The Balaban J connectivity index is 1.45. The number of aromatic nitrogens is 5. The molecular formula is C30H26N8O. The zero-order valence-corrected chi connectivity index (χ0v) is 21.8. The van der Waals surface area contributed by atoms with Crippen molar-refractivity contribution >= 4 is 29.4 Å². The number of carbonyl (C=O) groups excluding carboxylic acids is 1. The smallest absolute Gasteiger partial charge is 0.194 e. The van der Waals surface area contributed by atoms with Gasteiger partial charge < -0.3 is 10.3 Å². The Labute approximate surface area is 224 Å². The number of aromatic amines is 1. The largest absolute Gasteiger partial charge is 0.372 e. The van der Waals surface area contributed by atoms with Crippen molar-refractivity contribution in [2.75, 3.05) is 0 Å². The van der Waals surface area contributed by atoms with Crippen molar-refractivity contribution in [1.82, 2.24) is 30.3 Å². The first kappa shape index (κ1) is 23.2. The van der Waals surface area contributed by atoms with E-state index in [4.69, 9.17) is 9.98 Å². The van der Waals surface area contributed by atoms with Crippen LogP contribution in [0.1, 0.15) is 20.8 Å². The summed E-state index contributed by atoms with van der Waals surface area (Å²) in [6, 6.07) is 7.80. The number of aliphatic imine (C=N–C) groups is 2. The minimum absolute atomic E-state index is 0.0524. The monoisotopic (exact) mass is 514 g/mol. The summed E-state index contributed by atoms with van der Waals surface area (Å²) in [5, 5.41) is 14.3. The number of fused-ring (bicyclic) bond motifs is 6. The van der Waals surface area contributed by atoms with E-state index in [1.807, 2.05) is 99.8 Å². The molecular weight excluding hydrogens is 488 g/mol. The molecule has 9 nitrogen and oxygen atoms in total. The van der Waals surface area contributed by atoms with E-state index in [0.29, 0.717) is 5.69 Å². The normalized spacial score (nSPS) is 26.3. The lowest BCUT2D eigenvalue weighted by atomic mass is 9.80. The molecule has 0 aromatic carbocycles. The first-order valence-corrected chi connectivity index (χ1v) is 12.8. The fourth-order valence-corrected chi connectivity index (χ4v) is 5.50. The summed E-state index contributed by atoms with van der Waals surface area (Å²) in [5.74, 6) is 0.0524. The van der Waals surface area contributed by atoms with Crippen LogP contribution in [-0.2, 0) is 10.5 Å². The van der Waals surface area contributed by atoms with Gasteiger partial charge in [-0.1, -0.05) is 5.21 Å². The highest BCUT2D eigenvalue weighted by Crippen LogP contribution is 2.42. The van der Waals surface area contributed by atoms with Crippen LogP contribution in [0.4, 0.5) is 0 Å². The number of Topliss-reactive ketones (excluding diaryl/α,β-unsaturated/α-hetero) is 1. The Morgan fingerprint density at radius 3 is 2.46 bits per heavy atom. The van der Waals surface area contributed by atoms with E-state index in [-0.39, 0.29) is 5.78 Å². The topological polar surface area (TPSA) is 113 Å². The van der Waals surface area contributed by atoms with Crippen LogP contribution in [0.5, 0.6) is 0 Å². The van der Waals surface area contributed by atoms with Crippen LogP contribution in [0.25, 0.3) is 23.4 Å². The maximum Gasteiger partial charge on any atom is 0.194 e. The van der Waals surface area contributed by atoms with Gasteiger partial charge in [0.15, 0.2) is 11.4 Å². The molecule has 2 atom stereocenters. The number of rotatable bonds is 2. The predicted molar refractivity (Wildman–Crippen MR) is 150 cm³/mol. The molecule has 1 fully saturated rings. The number of nitrogens with one attached hydrogen (secondary N) is 2. The average Bonchev–Trinajstić information content (AvgIpc) is 3.73. The second kappa shape index (κ2) is 8.04. The number of nitrogens with zero attached hydrogens (tertiary/aromatic N) is 6. The van der Waals surface area contributed by atoms with Crippen molar-refractivity contribution in [3.63, 3.8) is 0 Å². The zero-order valence-electron chi connectivity index (χ0n) is 21.8. The molecule has 0 radical (unpaired) electrons. The second-order valence-electron chi connectivity index (χ2n) is 10.9. The minimum atomic E-state index is -1.03. The number of carbonyl (C=O) groups is 1. The van der Waals surface area contributed by atoms with E-state index >= 15 is 0 Å². The van der Waals surface area contributed by atoms with Crippen molar-refractivity contribution in [2.45, 2.75) is 32.0 Å². The van der Waals surface area contributed by atoms with Crippen LogP contribution in [0.15, 0.2) is 101 Å². The molecule has 0 saturated carbocycles. The lowest BCUT2D eigenvalue weighted by Crippen LogP contribution is -2.41. The van der Waals surface area contributed by atoms with Gasteiger partial charge in [0, 0.05) is 34.4 Å². The SMILES string of the molecule is CC12C=C3C=CC(=N3)C=c3ccc([nH]3)=CC3=NC(n4cc(-c5ccncc5)nn4)(C=C3)C=C(N1)C(C)(C)C2=O. The van der Waals surface area contributed by atoms with Crippen molar-refractivity contribution in [2.24, 2.45) is 15.4 Å². The molecule has 8 bridgehead atoms. The molecule has 0 aliphatic carbocycles. The minimum Gasteiger partial charge on any atom is -0.372 e. The average molecular weight is 515 g/mol. The summed E-state index contributed by atoms with van der Waals surface area (Å²) >= 11 is 0. The first-order chi connectivity index (χ1) is 18.7. The number of hydrogen-bond acceptors (Lipinski definition) is 7. The molecule has 4 aliphatic heterocycles. The van der Waals surface area contributed by atoms with Crippen molar-refractivity contribution < 1.29 is 4.79 Å². The Morgan fingerprint density at radius 1 is 0.897 bits per heavy atom. The van der Waals surface area contributed by atoms with E-state index in [1.165, 1.54) is 0 Å². The third-order valence-corrected chi connectivity index (χ3v) is 7.57. The lowest BCUT2D eigenvalue weighted by Gasteiger charge is -2.25. The van der Waals surface area contributed by atoms with Crippen molar-refractivity contribution in [1.29, 1.82) is 0 Å². The number of H-pyrrole nitrogens is 1. The maximum atomic E-state index is 13.8. The molecule has 4 aliphatic rings. The fraction of sp³-hybridized carbons (Fsp3) is 0.200. The van der Waals surface area contributed by atoms with Gasteiger partial charge in [0.2, 0.25) is 0 Å². The van der Waals surface area contributed by atoms with Gasteiger partial charge in [-0.2, -0.15) is 0 Å². The summed E-state index contributed by atoms with van der Waals surface area (Å²) in [7, 11) is 0. The van der Waals surface area contributed by atoms with Crippen LogP contribution < -0.4 is 16.0 Å². The molecule has 7 heterocycles. The van der Waals surface area contributed by atoms with E-state index < -0.39 is 16.6 Å². The summed E-state index contributed by atoms with van der Waals surface area (Å²) in [6.07, 6.45) is 21.0. The van der Waals surface area contributed by atoms with Crippen LogP contribution >= 0.6 is 0 Å². The Hall–Kier alpha value is -4.92. The zero-order chi connectivity index (χ0) is 26.8. The van der Waals surface area contributed by atoms with Crippen LogP contribution in [0.2, 0.25) is 0 Å². The van der Waals surface area contributed by atoms with Gasteiger partial charge in [0.25, 0.3) is 0 Å². The molecule has 1 saturated heterocycles. The summed E-state index contributed by atoms with van der Waals surface area (Å²) in [4.78, 5) is 31.2. The Bertz CT molecular complexity index is 1850. The fourth-order valence-electron chi connectivity index (χ4n) is 5.50. The van der Waals surface area contributed by atoms with Crippen molar-refractivity contribution in [3.8, 4) is 11.3 Å². The molecule has 9 heteroatoms. The summed E-state index contributed by atoms with van der Waals surface area (Å²) in [5.41, 5.74) is 1.91. The highest BCUT2D eigenvalue weighted by atomic mass is 16.1. The molecule has 0 spiro atoms. The molecule has 7 rings (SSSR count). The highest BCUT2D eigenvalue weighted by molar-refractivity contribution is 6.20. The molecule has 39 heavy (non-hydrogen) atoms. The summed E-state index contributed by atoms with van der Waals surface area (Å²) < 4.78 is 1.73. The lowest BCUT2D eigenvalue weighted by molar-refractivity contribution is -0.126. The van der Waals surface area contributed by atoms with Crippen LogP contribution in [-0.4, -0.2) is 47.7 Å². The number of allylic oxidation sites excluding steroid dienone is 4. The van der Waals surface area contributed by atoms with E-state index in [1.54, 1.807) is 17.1 Å². The highest BCUT2D eigenvalue weighted by Gasteiger charge is 2.52. The third-order valence-electron chi connectivity index (χ3n) is 7.57. The van der Waals surface area contributed by atoms with Gasteiger partial charge in [-0.3, -0.25) is 9.78 Å². The van der Waals surface area contributed by atoms with E-state index in [9.17, 15) is 4.79 Å². The molecule has 3 aromatic rings. The Kier molecular flexibility index (Phi) is 4.78. The van der Waals surface area contributed by atoms with Gasteiger partial charge in [-0.05, 0) is 93.6 Å². The van der Waals surface area contributed by atoms with E-state index in [2.05, 4.69) is 25.6 Å². The van der Waals surface area contributed by atoms with Gasteiger partial charge in [-0.15, -0.1) is 5.10 Å². The molecule has 3 aromatic heterocycles. The molecule has 192 valence electrons. The quantitative estimate of drug-likeness (QED) is 0.545. The number of pyridine rings is 1. The number of ketones is 1. The predicted octanol–water partition coefficient (Wildman–Crippen LogP) is 2.34. The standard InChI is InChI=1S/C30H26N8O/c1-28(2)26-17-30(38-18-25(36-37-38)19-9-12-31-13-10-19)11-8-23(34-30)15-22-5-4-20(32-22)14-21-6-7-24(33-21)16-29(3,35-26)27(28)39/h4-18,32,35H,1-3H3. The van der Waals surface area contributed by atoms with Gasteiger partial charge in [0.05, 0.1) is 28.7 Å². The second-order valence-corrected chi connectivity index (χ2v) is 10.9. The third kappa shape index (κ3) is 3.77. The van der Waals surface area contributed by atoms with Crippen molar-refractivity contribution in [3.05, 3.63) is 101 Å². The maximum absolute atomic E-state index is 13.8. The van der Waals surface area contributed by atoms with Gasteiger partial charge in [-0.25, -0.2) is 14.7 Å². The van der Waals surface area contributed by atoms with E-state index in [0.717, 1.165) is 39.1 Å². The summed E-state index contributed by atoms with van der Waals surface area (Å²) in [6.45, 7) is 5.77. The van der Waals surface area contributed by atoms with Crippen LogP contribution in [0, 0.1) is 5.41 Å². The van der Waals surface area contributed by atoms with Gasteiger partial charge in [0.1, 0.15) is 11.2 Å². The van der Waals surface area contributed by atoms with Gasteiger partial charge >= 0.3 is 0 Å². The molecule has 2 N–H and O–H groups in total. The Morgan fingerprint density at radius 2 is 1.67 bits per heavy atom. The number of hydrogen-bond donors (Lipinski definition) is 2. The first-order valence-electron chi connectivity index (χ1n) is 12.8. The molecule has 2 unspecified atom stereocenters. The molecule has 0 amide bonds.